The van der Waals surface area contributed by atoms with Crippen LogP contribution in [0.3, 0.4) is 0 Å². The van der Waals surface area contributed by atoms with E-state index >= 15 is 0 Å². The average molecular weight is 717 g/mol. The van der Waals surface area contributed by atoms with E-state index in [1.165, 1.54) is 11.1 Å². The summed E-state index contributed by atoms with van der Waals surface area (Å²) in [7, 11) is 0. The van der Waals surface area contributed by atoms with Crippen LogP contribution in [-0.4, -0.2) is 14.5 Å². The molecule has 5 nitrogen and oxygen atoms in total. The summed E-state index contributed by atoms with van der Waals surface area (Å²) in [5, 5.41) is 3.13. The van der Waals surface area contributed by atoms with Gasteiger partial charge in [-0.2, -0.15) is 0 Å². The maximum absolute atomic E-state index is 7.21. The third kappa shape index (κ3) is 4.14. The highest BCUT2D eigenvalue weighted by atomic mass is 16.5. The quantitative estimate of drug-likeness (QED) is 0.183. The minimum absolute atomic E-state index is 0.617. The first-order chi connectivity index (χ1) is 27.8. The van der Waals surface area contributed by atoms with Crippen molar-refractivity contribution in [3.63, 3.8) is 0 Å². The number of ether oxygens (including phenoxy) is 1. The molecule has 262 valence electrons. The van der Waals surface area contributed by atoms with E-state index in [0.29, 0.717) is 5.95 Å². The molecule has 0 radical (unpaired) electrons. The Morgan fingerprint density at radius 3 is 1.82 bits per heavy atom. The van der Waals surface area contributed by atoms with Crippen molar-refractivity contribution in [2.24, 2.45) is 0 Å². The van der Waals surface area contributed by atoms with Gasteiger partial charge in [0.1, 0.15) is 11.5 Å². The Labute approximate surface area is 323 Å². The second-order valence-corrected chi connectivity index (χ2v) is 14.5. The Morgan fingerprint density at radius 1 is 0.446 bits per heavy atom. The summed E-state index contributed by atoms with van der Waals surface area (Å²) in [6.45, 7) is 0. The van der Waals surface area contributed by atoms with Gasteiger partial charge in [0.25, 0.3) is 0 Å². The topological polar surface area (TPSA) is 43.2 Å². The lowest BCUT2D eigenvalue weighted by atomic mass is 9.61. The molecular formula is C51H32N4O. The number of hydrogen-bond acceptors (Lipinski definition) is 4. The van der Waals surface area contributed by atoms with E-state index in [0.717, 1.165) is 83.7 Å². The summed E-state index contributed by atoms with van der Waals surface area (Å²) >= 11 is 0. The molecule has 4 heterocycles. The van der Waals surface area contributed by atoms with Crippen LogP contribution in [0.1, 0.15) is 22.3 Å². The molecule has 0 saturated carbocycles. The number of para-hydroxylation sites is 6. The van der Waals surface area contributed by atoms with Gasteiger partial charge in [-0.1, -0.05) is 146 Å². The lowest BCUT2D eigenvalue weighted by molar-refractivity contribution is 0.439. The second-order valence-electron chi connectivity index (χ2n) is 14.5. The number of fused-ring (bicyclic) bond motifs is 13. The fraction of sp³-hybridized carbons (Fsp3) is 0.0196. The number of hydrogen-bond donors (Lipinski definition) is 0. The van der Waals surface area contributed by atoms with Crippen LogP contribution >= 0.6 is 0 Å². The maximum Gasteiger partial charge on any atom is 0.235 e. The van der Waals surface area contributed by atoms with Gasteiger partial charge in [-0.3, -0.25) is 4.57 Å². The van der Waals surface area contributed by atoms with Crippen LogP contribution in [0.5, 0.6) is 11.5 Å². The normalized spacial score (nSPS) is 13.6. The van der Waals surface area contributed by atoms with E-state index in [9.17, 15) is 0 Å². The molecule has 0 aliphatic carbocycles. The Balaban J connectivity index is 1.20. The molecule has 0 atom stereocenters. The van der Waals surface area contributed by atoms with Crippen LogP contribution < -0.4 is 9.64 Å². The van der Waals surface area contributed by atoms with Gasteiger partial charge in [-0.25, -0.2) is 9.97 Å². The van der Waals surface area contributed by atoms with Crippen molar-refractivity contribution in [2.45, 2.75) is 5.41 Å². The summed E-state index contributed by atoms with van der Waals surface area (Å²) in [4.78, 5) is 13.0. The van der Waals surface area contributed by atoms with Gasteiger partial charge < -0.3 is 9.64 Å². The molecule has 0 N–H and O–H groups in total. The molecule has 5 heteroatoms. The molecule has 0 unspecified atom stereocenters. The molecule has 56 heavy (non-hydrogen) atoms. The molecule has 2 aliphatic heterocycles. The number of rotatable bonds is 3. The van der Waals surface area contributed by atoms with Crippen molar-refractivity contribution in [3.05, 3.63) is 216 Å². The van der Waals surface area contributed by atoms with Gasteiger partial charge in [0.2, 0.25) is 5.95 Å². The van der Waals surface area contributed by atoms with Crippen molar-refractivity contribution in [3.8, 4) is 28.7 Å². The summed E-state index contributed by atoms with van der Waals surface area (Å²) in [5.74, 6) is 2.31. The van der Waals surface area contributed by atoms with E-state index in [2.05, 4.69) is 191 Å². The van der Waals surface area contributed by atoms with Gasteiger partial charge in [-0.05, 0) is 59.7 Å². The van der Waals surface area contributed by atoms with E-state index in [1.54, 1.807) is 0 Å². The van der Waals surface area contributed by atoms with E-state index < -0.39 is 5.41 Å². The molecule has 8 aromatic carbocycles. The molecule has 10 aromatic rings. The molecule has 1 spiro atoms. The number of anilines is 3. The fourth-order valence-corrected chi connectivity index (χ4v) is 9.43. The molecule has 12 rings (SSSR count). The smallest absolute Gasteiger partial charge is 0.235 e. The third-order valence-corrected chi connectivity index (χ3v) is 11.6. The maximum atomic E-state index is 7.21. The summed E-state index contributed by atoms with van der Waals surface area (Å²) in [6.07, 6.45) is 0. The molecule has 0 fully saturated rings. The van der Waals surface area contributed by atoms with E-state index in [1.807, 2.05) is 12.1 Å². The van der Waals surface area contributed by atoms with Crippen molar-refractivity contribution in [2.75, 3.05) is 4.90 Å². The fourth-order valence-electron chi connectivity index (χ4n) is 9.43. The molecule has 0 saturated heterocycles. The van der Waals surface area contributed by atoms with E-state index in [4.69, 9.17) is 14.7 Å². The second kappa shape index (κ2) is 11.7. The average Bonchev–Trinajstić information content (AvgIpc) is 3.61. The van der Waals surface area contributed by atoms with Crippen LogP contribution in [0, 0.1) is 0 Å². The molecule has 2 aromatic heterocycles. The van der Waals surface area contributed by atoms with Crippen LogP contribution in [0.4, 0.5) is 17.1 Å². The van der Waals surface area contributed by atoms with Gasteiger partial charge in [0.15, 0.2) is 0 Å². The Kier molecular flexibility index (Phi) is 6.48. The van der Waals surface area contributed by atoms with Crippen molar-refractivity contribution < 1.29 is 4.74 Å². The highest BCUT2D eigenvalue weighted by molar-refractivity contribution is 6.13. The zero-order valence-corrected chi connectivity index (χ0v) is 30.2. The van der Waals surface area contributed by atoms with Gasteiger partial charge in [0, 0.05) is 33.2 Å². The van der Waals surface area contributed by atoms with Crippen molar-refractivity contribution >= 4 is 49.8 Å². The molecular weight excluding hydrogens is 685 g/mol. The van der Waals surface area contributed by atoms with Crippen LogP contribution in [0.2, 0.25) is 0 Å². The minimum Gasteiger partial charge on any atom is -0.456 e. The third-order valence-electron chi connectivity index (χ3n) is 11.6. The monoisotopic (exact) mass is 716 g/mol. The van der Waals surface area contributed by atoms with Crippen LogP contribution in [0.15, 0.2) is 194 Å². The number of nitrogens with zero attached hydrogens (tertiary/aromatic N) is 4. The van der Waals surface area contributed by atoms with Gasteiger partial charge in [0.05, 0.1) is 44.4 Å². The largest absolute Gasteiger partial charge is 0.456 e. The lowest BCUT2D eigenvalue weighted by Gasteiger charge is -2.48. The predicted molar refractivity (Wildman–Crippen MR) is 226 cm³/mol. The minimum atomic E-state index is -0.681. The SMILES string of the molecule is c1ccc(-c2nc(-n3c4ccccc4c4c5c(ccc43)C3(c4ccccc4O5)c4ccccc4N(c4ccccc4)c4ccccc43)nc3ccccc23)cc1. The van der Waals surface area contributed by atoms with Gasteiger partial charge >= 0.3 is 0 Å². The van der Waals surface area contributed by atoms with Gasteiger partial charge in [-0.15, -0.1) is 0 Å². The first-order valence-electron chi connectivity index (χ1n) is 19.0. The zero-order chi connectivity index (χ0) is 36.8. The Hall–Kier alpha value is -7.50. The summed E-state index contributed by atoms with van der Waals surface area (Å²) < 4.78 is 9.42. The standard InChI is InChI=1S/C51H32N4O/c1-3-17-33(18-4-1)48-35-21-7-12-26-41(35)52-50(53-48)55-42-27-13-8-22-36(42)47-45(55)32-31-40-49(47)56-46-30-16-11-25-39(46)51(40)37-23-9-14-28-43(37)54(34-19-5-2-6-20-34)44-29-15-10-24-38(44)51/h1-32H. The molecule has 0 amide bonds. The van der Waals surface area contributed by atoms with Crippen molar-refractivity contribution in [1.29, 1.82) is 0 Å². The van der Waals surface area contributed by atoms with Crippen LogP contribution in [0.25, 0.3) is 49.9 Å². The number of benzene rings is 8. The van der Waals surface area contributed by atoms with Crippen LogP contribution in [-0.2, 0) is 5.41 Å². The highest BCUT2D eigenvalue weighted by Crippen LogP contribution is 2.64. The summed E-state index contributed by atoms with van der Waals surface area (Å²) in [5.41, 5.74) is 12.2. The van der Waals surface area contributed by atoms with Crippen molar-refractivity contribution in [1.82, 2.24) is 14.5 Å². The first kappa shape index (κ1) is 30.9. The first-order valence-corrected chi connectivity index (χ1v) is 19.0. The highest BCUT2D eigenvalue weighted by Gasteiger charge is 2.51. The predicted octanol–water partition coefficient (Wildman–Crippen LogP) is 12.7. The van der Waals surface area contributed by atoms with E-state index in [-0.39, 0.29) is 0 Å². The molecule has 0 bridgehead atoms. The summed E-state index contributed by atoms with van der Waals surface area (Å²) in [6, 6.07) is 68.7. The Bertz CT molecular complexity index is 3140. The Morgan fingerprint density at radius 2 is 1.05 bits per heavy atom. The number of aromatic nitrogens is 3. The lowest BCUT2D eigenvalue weighted by Crippen LogP contribution is -2.39. The molecule has 2 aliphatic rings. The zero-order valence-electron chi connectivity index (χ0n) is 30.2.